The van der Waals surface area contributed by atoms with Gasteiger partial charge < -0.3 is 5.32 Å². The molecule has 174 valence electrons. The fourth-order valence-corrected chi connectivity index (χ4v) is 11.6. The van der Waals surface area contributed by atoms with Gasteiger partial charge in [-0.25, -0.2) is 9.69 Å². The molecule has 1 atom stereocenters. The Labute approximate surface area is 202 Å². The van der Waals surface area contributed by atoms with Gasteiger partial charge in [0.1, 0.15) is 8.07 Å². The Morgan fingerprint density at radius 1 is 0.853 bits per heavy atom. The topological polar surface area (TPSA) is 54.3 Å². The molecule has 1 aromatic heterocycles. The van der Waals surface area contributed by atoms with E-state index in [0.717, 1.165) is 27.7 Å². The maximum atomic E-state index is 14.0. The van der Waals surface area contributed by atoms with Crippen LogP contribution in [0.25, 0.3) is 10.9 Å². The monoisotopic (exact) mass is 469 g/mol. The molecule has 2 aliphatic heterocycles. The van der Waals surface area contributed by atoms with Crippen LogP contribution in [-0.2, 0) is 10.3 Å². The Hall–Kier alpha value is -3.30. The van der Waals surface area contributed by atoms with Gasteiger partial charge in [0.05, 0.1) is 5.52 Å². The molecule has 3 aromatic rings. The number of nitrogens with one attached hydrogen (secondary N) is 1. The van der Waals surface area contributed by atoms with Gasteiger partial charge in [0.25, 0.3) is 5.91 Å². The van der Waals surface area contributed by atoms with Crippen molar-refractivity contribution in [2.45, 2.75) is 63.7 Å². The number of hydrogen-bond acceptors (Lipinski definition) is 2. The van der Waals surface area contributed by atoms with Crippen LogP contribution in [0.1, 0.15) is 52.7 Å². The molecule has 34 heavy (non-hydrogen) atoms. The van der Waals surface area contributed by atoms with E-state index < -0.39 is 13.6 Å². The van der Waals surface area contributed by atoms with Crippen molar-refractivity contribution in [2.24, 2.45) is 0 Å². The highest BCUT2D eigenvalue weighted by Crippen LogP contribution is 2.50. The fraction of sp³-hybridized carbons (Fsp3) is 0.357. The van der Waals surface area contributed by atoms with E-state index in [1.807, 2.05) is 48.5 Å². The highest BCUT2D eigenvalue weighted by molar-refractivity contribution is 6.90. The Morgan fingerprint density at radius 2 is 1.50 bits per heavy atom. The highest BCUT2D eigenvalue weighted by atomic mass is 28.3. The Balaban J connectivity index is 1.85. The van der Waals surface area contributed by atoms with Crippen LogP contribution in [0, 0.1) is 11.6 Å². The van der Waals surface area contributed by atoms with Crippen molar-refractivity contribution in [1.82, 2.24) is 9.47 Å². The fourth-order valence-electron chi connectivity index (χ4n) is 6.47. The van der Waals surface area contributed by atoms with E-state index in [0.29, 0.717) is 16.6 Å². The summed E-state index contributed by atoms with van der Waals surface area (Å²) < 4.78 is 1.64. The number of hydrogen-bond donors (Lipinski definition) is 1. The minimum atomic E-state index is -2.16. The van der Waals surface area contributed by atoms with E-state index in [4.69, 9.17) is 0 Å². The SMILES string of the molecule is CC(C)[Si](C#CN1C(=O)n2ccc3cccc(c32)C12C(=O)Nc1ccccc12)(C(C)C)C(C)C. The lowest BCUT2D eigenvalue weighted by atomic mass is 9.80. The van der Waals surface area contributed by atoms with Gasteiger partial charge in [-0.15, -0.1) is 5.54 Å². The molecule has 2 aliphatic rings. The van der Waals surface area contributed by atoms with Crippen molar-refractivity contribution >= 4 is 36.6 Å². The first-order valence-electron chi connectivity index (χ1n) is 12.1. The third kappa shape index (κ3) is 2.68. The summed E-state index contributed by atoms with van der Waals surface area (Å²) in [7, 11) is -2.16. The second-order valence-corrected chi connectivity index (χ2v) is 16.0. The number of nitrogens with zero attached hydrogens (tertiary/aromatic N) is 2. The molecule has 0 radical (unpaired) electrons. The van der Waals surface area contributed by atoms with Crippen molar-refractivity contribution in [3.63, 3.8) is 0 Å². The van der Waals surface area contributed by atoms with Gasteiger partial charge in [-0.3, -0.25) is 9.36 Å². The molecule has 0 aliphatic carbocycles. The molecule has 3 heterocycles. The van der Waals surface area contributed by atoms with E-state index in [1.54, 1.807) is 10.8 Å². The minimum Gasteiger partial charge on any atom is -0.323 e. The first-order valence-corrected chi connectivity index (χ1v) is 14.3. The van der Waals surface area contributed by atoms with Crippen LogP contribution < -0.4 is 5.32 Å². The zero-order valence-electron chi connectivity index (χ0n) is 20.6. The van der Waals surface area contributed by atoms with Crippen LogP contribution in [0.4, 0.5) is 10.5 Å². The highest BCUT2D eigenvalue weighted by Gasteiger charge is 2.58. The molecule has 1 spiro atoms. The van der Waals surface area contributed by atoms with Gasteiger partial charge in [0.15, 0.2) is 5.54 Å². The number of para-hydroxylation sites is 2. The maximum absolute atomic E-state index is 14.0. The van der Waals surface area contributed by atoms with Crippen LogP contribution in [0.3, 0.4) is 0 Å². The molecule has 0 bridgehead atoms. The minimum absolute atomic E-state index is 0.234. The first-order chi connectivity index (χ1) is 16.2. The lowest BCUT2D eigenvalue weighted by Crippen LogP contribution is -2.56. The van der Waals surface area contributed by atoms with E-state index in [-0.39, 0.29) is 11.9 Å². The molecule has 5 rings (SSSR count). The number of carbonyl (C=O) groups excluding carboxylic acids is 2. The zero-order chi connectivity index (χ0) is 24.4. The van der Waals surface area contributed by atoms with Crippen molar-refractivity contribution < 1.29 is 9.59 Å². The van der Waals surface area contributed by atoms with Crippen molar-refractivity contribution in [3.05, 3.63) is 65.9 Å². The second-order valence-electron chi connectivity index (χ2n) is 10.4. The van der Waals surface area contributed by atoms with E-state index in [9.17, 15) is 9.59 Å². The van der Waals surface area contributed by atoms with Gasteiger partial charge in [0, 0.05) is 34.4 Å². The van der Waals surface area contributed by atoms with Gasteiger partial charge in [-0.1, -0.05) is 77.9 Å². The predicted molar refractivity (Wildman–Crippen MR) is 139 cm³/mol. The Morgan fingerprint density at radius 3 is 2.18 bits per heavy atom. The number of fused-ring (bicyclic) bond motifs is 3. The maximum Gasteiger partial charge on any atom is 0.341 e. The number of anilines is 1. The lowest BCUT2D eigenvalue weighted by Gasteiger charge is -2.41. The molecule has 2 aromatic carbocycles. The third-order valence-corrected chi connectivity index (χ3v) is 14.3. The summed E-state index contributed by atoms with van der Waals surface area (Å²) in [5.74, 6) is -0.234. The van der Waals surface area contributed by atoms with E-state index >= 15 is 0 Å². The average molecular weight is 470 g/mol. The second kappa shape index (κ2) is 7.61. The molecule has 0 saturated carbocycles. The van der Waals surface area contributed by atoms with E-state index in [2.05, 4.69) is 58.4 Å². The van der Waals surface area contributed by atoms with Crippen molar-refractivity contribution in [1.29, 1.82) is 0 Å². The van der Waals surface area contributed by atoms with Gasteiger partial charge in [0.2, 0.25) is 0 Å². The number of amides is 2. The summed E-state index contributed by atoms with van der Waals surface area (Å²) in [6.45, 7) is 13.5. The van der Waals surface area contributed by atoms with Crippen molar-refractivity contribution in [3.8, 4) is 11.6 Å². The van der Waals surface area contributed by atoms with Crippen LogP contribution in [0.2, 0.25) is 16.6 Å². The number of benzene rings is 2. The first kappa shape index (κ1) is 22.5. The van der Waals surface area contributed by atoms with Crippen LogP contribution >= 0.6 is 0 Å². The van der Waals surface area contributed by atoms with Crippen LogP contribution in [0.5, 0.6) is 0 Å². The van der Waals surface area contributed by atoms with Crippen LogP contribution in [-0.4, -0.2) is 29.5 Å². The molecule has 0 saturated heterocycles. The third-order valence-electron chi connectivity index (χ3n) is 7.98. The van der Waals surface area contributed by atoms with Crippen molar-refractivity contribution in [2.75, 3.05) is 5.32 Å². The Kier molecular flexibility index (Phi) is 5.03. The molecular weight excluding hydrogens is 438 g/mol. The summed E-state index contributed by atoms with van der Waals surface area (Å²) in [5, 5.41) is 3.98. The number of carbonyl (C=O) groups is 2. The largest absolute Gasteiger partial charge is 0.341 e. The van der Waals surface area contributed by atoms with Gasteiger partial charge >= 0.3 is 6.03 Å². The smallest absolute Gasteiger partial charge is 0.323 e. The predicted octanol–water partition coefficient (Wildman–Crippen LogP) is 6.30. The molecular formula is C28H31N3O2Si. The van der Waals surface area contributed by atoms with Crippen LogP contribution in [0.15, 0.2) is 54.7 Å². The number of aromatic nitrogens is 1. The summed E-state index contributed by atoms with van der Waals surface area (Å²) in [5.41, 5.74) is 6.66. The average Bonchev–Trinajstić information content (AvgIpc) is 3.34. The van der Waals surface area contributed by atoms with Gasteiger partial charge in [-0.05, 0) is 28.8 Å². The molecule has 5 nitrogen and oxygen atoms in total. The standard InChI is InChI=1S/C28H31N3O2Si/c1-18(2)34(19(3)4,20(5)6)17-16-31-27(33)30-15-14-21-10-9-12-23(25(21)30)28(31)22-11-7-8-13-24(22)29-26(28)32/h7-15,18-20H,1-6H3,(H,29,32). The molecule has 0 fully saturated rings. The molecule has 2 amide bonds. The zero-order valence-corrected chi connectivity index (χ0v) is 21.6. The Bertz CT molecular complexity index is 1370. The summed E-state index contributed by atoms with van der Waals surface area (Å²) in [4.78, 5) is 29.4. The van der Waals surface area contributed by atoms with Gasteiger partial charge in [-0.2, -0.15) is 0 Å². The summed E-state index contributed by atoms with van der Waals surface area (Å²) in [6.07, 6.45) is 1.79. The number of rotatable bonds is 3. The molecule has 6 heteroatoms. The normalized spacial score (nSPS) is 19.3. The summed E-state index contributed by atoms with van der Waals surface area (Å²) >= 11 is 0. The molecule has 1 unspecified atom stereocenters. The quantitative estimate of drug-likeness (QED) is 0.361. The summed E-state index contributed by atoms with van der Waals surface area (Å²) in [6, 6.07) is 18.5. The molecule has 1 N–H and O–H groups in total. The van der Waals surface area contributed by atoms with E-state index in [1.165, 1.54) is 4.90 Å². The lowest BCUT2D eigenvalue weighted by molar-refractivity contribution is -0.122.